The molecular weight excluding hydrogens is 320 g/mol. The number of carboxylic acid groups (broad SMARTS) is 1. The molecule has 1 amide bonds. The third-order valence-corrected chi connectivity index (χ3v) is 4.41. The molecule has 0 aromatic carbocycles. The van der Waals surface area contributed by atoms with Crippen LogP contribution < -0.4 is 5.32 Å². The first-order valence-electron chi connectivity index (χ1n) is 5.40. The van der Waals surface area contributed by atoms with Crippen molar-refractivity contribution in [3.05, 3.63) is 9.98 Å². The van der Waals surface area contributed by atoms with Gasteiger partial charge in [0.25, 0.3) is 0 Å². The second-order valence-corrected chi connectivity index (χ2v) is 6.98. The van der Waals surface area contributed by atoms with Crippen LogP contribution in [0.15, 0.2) is 9.98 Å². The number of amides is 1. The highest BCUT2D eigenvalue weighted by Gasteiger charge is 2.38. The van der Waals surface area contributed by atoms with Gasteiger partial charge in [-0.05, 0) is 28.8 Å². The van der Waals surface area contributed by atoms with Gasteiger partial charge in [0.1, 0.15) is 0 Å². The predicted molar refractivity (Wildman–Crippen MR) is 73.6 cm³/mol. The zero-order valence-electron chi connectivity index (χ0n) is 10.4. The van der Waals surface area contributed by atoms with Crippen molar-refractivity contribution in [2.75, 3.05) is 5.32 Å². The molecule has 0 aliphatic heterocycles. The minimum atomic E-state index is -1.07. The van der Waals surface area contributed by atoms with Gasteiger partial charge in [0.05, 0.1) is 15.4 Å². The van der Waals surface area contributed by atoms with Gasteiger partial charge in [-0.25, -0.2) is 4.98 Å². The molecule has 0 fully saturated rings. The number of anilines is 1. The summed E-state index contributed by atoms with van der Waals surface area (Å²) in [5, 5.41) is 12.3. The summed E-state index contributed by atoms with van der Waals surface area (Å²) < 4.78 is 0.808. The fourth-order valence-corrected chi connectivity index (χ4v) is 2.46. The number of nitrogens with one attached hydrogen (secondary N) is 1. The minimum absolute atomic E-state index is 0.0722. The lowest BCUT2D eigenvalue weighted by Gasteiger charge is -2.28. The zero-order chi connectivity index (χ0) is 13.9. The third-order valence-electron chi connectivity index (χ3n) is 3.01. The summed E-state index contributed by atoms with van der Waals surface area (Å²) in [6, 6.07) is 0. The molecule has 0 saturated heterocycles. The van der Waals surface area contributed by atoms with Crippen LogP contribution in [0.3, 0.4) is 0 Å². The molecule has 0 spiro atoms. The molecular formula is C11H15BrN2O3S. The average Bonchev–Trinajstić information content (AvgIpc) is 2.62. The van der Waals surface area contributed by atoms with E-state index in [9.17, 15) is 14.7 Å². The van der Waals surface area contributed by atoms with E-state index < -0.39 is 11.4 Å². The summed E-state index contributed by atoms with van der Waals surface area (Å²) in [4.78, 5) is 27.0. The van der Waals surface area contributed by atoms with Crippen molar-refractivity contribution in [3.63, 3.8) is 0 Å². The normalized spacial score (nSPS) is 14.3. The summed E-state index contributed by atoms with van der Waals surface area (Å²) in [5.41, 5.74) is -1.07. The van der Waals surface area contributed by atoms with E-state index in [1.165, 1.54) is 11.3 Å². The number of aliphatic carboxylic acids is 1. The van der Waals surface area contributed by atoms with Crippen molar-refractivity contribution in [2.45, 2.75) is 27.2 Å². The molecule has 0 bridgehead atoms. The second-order valence-electron chi connectivity index (χ2n) is 4.57. The van der Waals surface area contributed by atoms with Crippen molar-refractivity contribution in [3.8, 4) is 0 Å². The second kappa shape index (κ2) is 5.79. The molecule has 0 aliphatic carbocycles. The van der Waals surface area contributed by atoms with Crippen LogP contribution in [0.5, 0.6) is 0 Å². The van der Waals surface area contributed by atoms with Gasteiger partial charge in [0.15, 0.2) is 5.13 Å². The highest BCUT2D eigenvalue weighted by Crippen LogP contribution is 2.32. The van der Waals surface area contributed by atoms with Gasteiger partial charge in [-0.3, -0.25) is 9.59 Å². The number of halogens is 1. The molecule has 0 radical (unpaired) electrons. The van der Waals surface area contributed by atoms with E-state index in [-0.39, 0.29) is 18.2 Å². The number of rotatable bonds is 5. The van der Waals surface area contributed by atoms with Crippen LogP contribution in [0.2, 0.25) is 0 Å². The number of thiazole rings is 1. The number of carboxylic acids is 1. The maximum absolute atomic E-state index is 11.8. The summed E-state index contributed by atoms with van der Waals surface area (Å²) >= 11 is 4.53. The van der Waals surface area contributed by atoms with Gasteiger partial charge in [-0.2, -0.15) is 0 Å². The molecule has 5 nitrogen and oxygen atoms in total. The molecule has 1 heterocycles. The van der Waals surface area contributed by atoms with Gasteiger partial charge in [-0.15, -0.1) is 0 Å². The minimum Gasteiger partial charge on any atom is -0.481 e. The van der Waals surface area contributed by atoms with Crippen LogP contribution in [-0.4, -0.2) is 22.0 Å². The number of carbonyl (C=O) groups excluding carboxylic acids is 1. The smallest absolute Gasteiger partial charge is 0.310 e. The van der Waals surface area contributed by atoms with E-state index in [1.54, 1.807) is 27.0 Å². The SMILES string of the molecule is CC(C)C(C)(CC(=O)Nc1ncc(Br)s1)C(=O)O. The van der Waals surface area contributed by atoms with Crippen LogP contribution in [0.4, 0.5) is 5.13 Å². The molecule has 0 aliphatic rings. The van der Waals surface area contributed by atoms with Crippen LogP contribution in [0.25, 0.3) is 0 Å². The topological polar surface area (TPSA) is 79.3 Å². The summed E-state index contributed by atoms with van der Waals surface area (Å²) in [5.74, 6) is -1.44. The lowest BCUT2D eigenvalue weighted by molar-refractivity contribution is -0.153. The van der Waals surface area contributed by atoms with E-state index in [2.05, 4.69) is 26.2 Å². The molecule has 18 heavy (non-hydrogen) atoms. The molecule has 1 unspecified atom stereocenters. The third kappa shape index (κ3) is 3.52. The molecule has 1 aromatic rings. The Morgan fingerprint density at radius 2 is 2.22 bits per heavy atom. The lowest BCUT2D eigenvalue weighted by atomic mass is 9.76. The molecule has 7 heteroatoms. The van der Waals surface area contributed by atoms with E-state index in [4.69, 9.17) is 0 Å². The quantitative estimate of drug-likeness (QED) is 0.867. The fraction of sp³-hybridized carbons (Fsp3) is 0.545. The van der Waals surface area contributed by atoms with Crippen LogP contribution in [-0.2, 0) is 9.59 Å². The molecule has 1 atom stereocenters. The number of nitrogens with zero attached hydrogens (tertiary/aromatic N) is 1. The number of hydrogen-bond donors (Lipinski definition) is 2. The van der Waals surface area contributed by atoms with Gasteiger partial charge in [-0.1, -0.05) is 25.2 Å². The maximum Gasteiger partial charge on any atom is 0.310 e. The molecule has 2 N–H and O–H groups in total. The molecule has 0 saturated carbocycles. The Morgan fingerprint density at radius 3 is 2.61 bits per heavy atom. The monoisotopic (exact) mass is 334 g/mol. The van der Waals surface area contributed by atoms with E-state index in [0.29, 0.717) is 5.13 Å². The summed E-state index contributed by atoms with van der Waals surface area (Å²) in [6.07, 6.45) is 1.51. The Bertz CT molecular complexity index is 461. The Kier molecular flexibility index (Phi) is 4.86. The lowest BCUT2D eigenvalue weighted by Crippen LogP contribution is -2.37. The zero-order valence-corrected chi connectivity index (χ0v) is 12.8. The van der Waals surface area contributed by atoms with Gasteiger partial charge >= 0.3 is 5.97 Å². The molecule has 1 aromatic heterocycles. The first kappa shape index (κ1) is 15.1. The van der Waals surface area contributed by atoms with Crippen molar-refractivity contribution >= 4 is 44.3 Å². The van der Waals surface area contributed by atoms with Gasteiger partial charge in [0.2, 0.25) is 5.91 Å². The highest BCUT2D eigenvalue weighted by molar-refractivity contribution is 9.11. The largest absolute Gasteiger partial charge is 0.481 e. The number of hydrogen-bond acceptors (Lipinski definition) is 4. The van der Waals surface area contributed by atoms with Crippen molar-refractivity contribution < 1.29 is 14.7 Å². The summed E-state index contributed by atoms with van der Waals surface area (Å²) in [6.45, 7) is 5.17. The Hall–Kier alpha value is -0.950. The number of carbonyl (C=O) groups is 2. The Labute approximate surface area is 118 Å². The maximum atomic E-state index is 11.8. The van der Waals surface area contributed by atoms with Gasteiger partial charge < -0.3 is 10.4 Å². The van der Waals surface area contributed by atoms with E-state index in [1.807, 2.05) is 0 Å². The predicted octanol–water partition coefficient (Wildman–Crippen LogP) is 2.98. The fourth-order valence-electron chi connectivity index (χ4n) is 1.34. The van der Waals surface area contributed by atoms with Crippen molar-refractivity contribution in [1.82, 2.24) is 4.98 Å². The number of aromatic nitrogens is 1. The van der Waals surface area contributed by atoms with E-state index in [0.717, 1.165) is 3.79 Å². The van der Waals surface area contributed by atoms with Gasteiger partial charge in [0, 0.05) is 6.42 Å². The first-order chi connectivity index (χ1) is 8.25. The van der Waals surface area contributed by atoms with Crippen LogP contribution in [0.1, 0.15) is 27.2 Å². The van der Waals surface area contributed by atoms with Crippen molar-refractivity contribution in [1.29, 1.82) is 0 Å². The van der Waals surface area contributed by atoms with E-state index >= 15 is 0 Å². The molecule has 1 rings (SSSR count). The Morgan fingerprint density at radius 1 is 1.61 bits per heavy atom. The van der Waals surface area contributed by atoms with Crippen LogP contribution in [0, 0.1) is 11.3 Å². The summed E-state index contributed by atoms with van der Waals surface area (Å²) in [7, 11) is 0. The Balaban J connectivity index is 2.71. The highest BCUT2D eigenvalue weighted by atomic mass is 79.9. The average molecular weight is 335 g/mol. The first-order valence-corrected chi connectivity index (χ1v) is 7.01. The van der Waals surface area contributed by atoms with Crippen LogP contribution >= 0.6 is 27.3 Å². The standard InChI is InChI=1S/C11H15BrN2O3S/c1-6(2)11(3,9(16)17)4-8(15)14-10-13-5-7(12)18-10/h5-6H,4H2,1-3H3,(H,16,17)(H,13,14,15). The molecule has 100 valence electrons. The van der Waals surface area contributed by atoms with Crippen molar-refractivity contribution in [2.24, 2.45) is 11.3 Å².